The fourth-order valence-corrected chi connectivity index (χ4v) is 5.05. The van der Waals surface area contributed by atoms with E-state index in [0.717, 1.165) is 4.90 Å². The molecule has 5 nitrogen and oxygen atoms in total. The summed E-state index contributed by atoms with van der Waals surface area (Å²) in [6.45, 7) is 3.03. The number of carbonyl (C=O) groups excluding carboxylic acids is 1. The summed E-state index contributed by atoms with van der Waals surface area (Å²) in [6, 6.07) is 6.73. The molecular weight excluding hydrogens is 483 g/mol. The van der Waals surface area contributed by atoms with Crippen LogP contribution in [0.3, 0.4) is 0 Å². The molecule has 1 unspecified atom stereocenters. The molecule has 2 aromatic carbocycles. The SMILES string of the molecule is CC(C)CC(N[C@@H](c1cccc(-c2ccccc2F)c1)C(F)(F)F)C(=O)N1C[C@H](F)[C@H]2OC[C@H](O)[C@H]21. The lowest BCUT2D eigenvalue weighted by Crippen LogP contribution is -2.54. The molecule has 0 aliphatic carbocycles. The molecule has 2 saturated heterocycles. The topological polar surface area (TPSA) is 61.8 Å². The number of hydrogen-bond donors (Lipinski definition) is 2. The van der Waals surface area contributed by atoms with Gasteiger partial charge in [0.25, 0.3) is 0 Å². The Balaban J connectivity index is 1.65. The fourth-order valence-electron chi connectivity index (χ4n) is 5.05. The smallest absolute Gasteiger partial charge is 0.388 e. The Kier molecular flexibility index (Phi) is 7.68. The average molecular weight is 513 g/mol. The van der Waals surface area contributed by atoms with Crippen LogP contribution in [-0.4, -0.2) is 65.7 Å². The lowest BCUT2D eigenvalue weighted by molar-refractivity contribution is -0.163. The molecule has 2 aliphatic heterocycles. The van der Waals surface area contributed by atoms with Crippen molar-refractivity contribution >= 4 is 5.91 Å². The van der Waals surface area contributed by atoms with E-state index in [1.807, 2.05) is 0 Å². The molecule has 0 radical (unpaired) electrons. The predicted molar refractivity (Wildman–Crippen MR) is 123 cm³/mol. The van der Waals surface area contributed by atoms with Crippen molar-refractivity contribution in [3.8, 4) is 11.1 Å². The third-order valence-electron chi connectivity index (χ3n) is 6.67. The number of benzene rings is 2. The highest BCUT2D eigenvalue weighted by Crippen LogP contribution is 2.37. The first-order valence-corrected chi connectivity index (χ1v) is 11.9. The number of carbonyl (C=O) groups is 1. The number of amides is 1. The van der Waals surface area contributed by atoms with E-state index >= 15 is 0 Å². The van der Waals surface area contributed by atoms with Crippen molar-refractivity contribution in [3.63, 3.8) is 0 Å². The second-order valence-corrected chi connectivity index (χ2v) is 9.79. The average Bonchev–Trinajstić information content (AvgIpc) is 3.36. The summed E-state index contributed by atoms with van der Waals surface area (Å²) in [5.74, 6) is -1.45. The Morgan fingerprint density at radius 1 is 1.19 bits per heavy atom. The number of aliphatic hydroxyl groups excluding tert-OH is 1. The molecule has 36 heavy (non-hydrogen) atoms. The van der Waals surface area contributed by atoms with Crippen LogP contribution >= 0.6 is 0 Å². The number of alkyl halides is 4. The molecule has 0 bridgehead atoms. The van der Waals surface area contributed by atoms with Crippen molar-refractivity contribution in [1.29, 1.82) is 0 Å². The Hall–Kier alpha value is -2.56. The van der Waals surface area contributed by atoms with Gasteiger partial charge >= 0.3 is 6.18 Å². The number of fused-ring (bicyclic) bond motifs is 1. The maximum Gasteiger partial charge on any atom is 0.407 e. The number of rotatable bonds is 7. The maximum atomic E-state index is 14.5. The van der Waals surface area contributed by atoms with Crippen LogP contribution in [0.5, 0.6) is 0 Å². The minimum Gasteiger partial charge on any atom is -0.388 e. The largest absolute Gasteiger partial charge is 0.407 e. The summed E-state index contributed by atoms with van der Waals surface area (Å²) in [5, 5.41) is 12.7. The number of halogens is 5. The quantitative estimate of drug-likeness (QED) is 0.540. The van der Waals surface area contributed by atoms with E-state index in [2.05, 4.69) is 5.32 Å². The molecule has 0 aromatic heterocycles. The van der Waals surface area contributed by atoms with Crippen LogP contribution in [0.2, 0.25) is 0 Å². The molecule has 10 heteroatoms. The predicted octanol–water partition coefficient (Wildman–Crippen LogP) is 4.41. The lowest BCUT2D eigenvalue weighted by atomic mass is 9.96. The Morgan fingerprint density at radius 2 is 1.92 bits per heavy atom. The van der Waals surface area contributed by atoms with Crippen LogP contribution in [0.4, 0.5) is 22.0 Å². The van der Waals surface area contributed by atoms with Crippen LogP contribution in [0.15, 0.2) is 48.5 Å². The second kappa shape index (κ2) is 10.4. The fraction of sp³-hybridized carbons (Fsp3) is 0.500. The zero-order valence-corrected chi connectivity index (χ0v) is 19.9. The third kappa shape index (κ3) is 5.40. The van der Waals surface area contributed by atoms with Crippen LogP contribution < -0.4 is 5.32 Å². The van der Waals surface area contributed by atoms with E-state index in [4.69, 9.17) is 4.74 Å². The molecular formula is C26H29F5N2O3. The van der Waals surface area contributed by atoms with Gasteiger partial charge in [-0.05, 0) is 35.6 Å². The molecule has 2 N–H and O–H groups in total. The van der Waals surface area contributed by atoms with Gasteiger partial charge in [-0.25, -0.2) is 8.78 Å². The molecule has 2 aromatic rings. The van der Waals surface area contributed by atoms with Gasteiger partial charge in [-0.3, -0.25) is 10.1 Å². The van der Waals surface area contributed by atoms with E-state index in [-0.39, 0.29) is 42.2 Å². The Bertz CT molecular complexity index is 1080. The Morgan fingerprint density at radius 3 is 2.58 bits per heavy atom. The van der Waals surface area contributed by atoms with Gasteiger partial charge in [-0.2, -0.15) is 13.2 Å². The van der Waals surface area contributed by atoms with Gasteiger partial charge in [-0.15, -0.1) is 0 Å². The molecule has 2 fully saturated rings. The first-order valence-electron chi connectivity index (χ1n) is 11.9. The lowest BCUT2D eigenvalue weighted by Gasteiger charge is -2.33. The summed E-state index contributed by atoms with van der Waals surface area (Å²) >= 11 is 0. The molecule has 2 aliphatic rings. The van der Waals surface area contributed by atoms with Crippen molar-refractivity contribution in [2.75, 3.05) is 13.2 Å². The van der Waals surface area contributed by atoms with Crippen LogP contribution in [0.25, 0.3) is 11.1 Å². The second-order valence-electron chi connectivity index (χ2n) is 9.79. The standard InChI is InChI=1S/C26H29F5N2O3/c1-14(2)10-20(25(35)33-12-19(28)23-22(33)21(34)13-36-23)32-24(26(29,30)31)16-7-5-6-15(11-16)17-8-3-4-9-18(17)27/h3-9,11,14,19-24,32,34H,10,12-13H2,1-2H3/t19-,20?,21-,22+,23+,24-/m0/s1. The van der Waals surface area contributed by atoms with Gasteiger partial charge in [0, 0.05) is 5.56 Å². The highest BCUT2D eigenvalue weighted by atomic mass is 19.4. The summed E-state index contributed by atoms with van der Waals surface area (Å²) in [4.78, 5) is 14.6. The summed E-state index contributed by atoms with van der Waals surface area (Å²) < 4.78 is 77.0. The minimum atomic E-state index is -4.78. The van der Waals surface area contributed by atoms with Gasteiger partial charge in [0.2, 0.25) is 5.91 Å². The minimum absolute atomic E-state index is 0.0558. The normalized spacial score (nSPS) is 25.8. The zero-order valence-electron chi connectivity index (χ0n) is 19.9. The van der Waals surface area contributed by atoms with Crippen molar-refractivity contribution in [2.24, 2.45) is 5.92 Å². The van der Waals surface area contributed by atoms with Crippen LogP contribution in [-0.2, 0) is 9.53 Å². The van der Waals surface area contributed by atoms with Crippen molar-refractivity contribution in [2.45, 2.75) is 62.9 Å². The van der Waals surface area contributed by atoms with Crippen molar-refractivity contribution < 1.29 is 36.6 Å². The first-order chi connectivity index (χ1) is 17.0. The van der Waals surface area contributed by atoms with Crippen LogP contribution in [0, 0.1) is 11.7 Å². The molecule has 6 atom stereocenters. The number of nitrogens with one attached hydrogen (secondary N) is 1. The zero-order chi connectivity index (χ0) is 26.2. The van der Waals surface area contributed by atoms with Gasteiger partial charge < -0.3 is 14.7 Å². The van der Waals surface area contributed by atoms with Crippen LogP contribution in [0.1, 0.15) is 31.9 Å². The molecule has 1 amide bonds. The molecule has 4 rings (SSSR count). The van der Waals surface area contributed by atoms with E-state index in [1.54, 1.807) is 19.9 Å². The molecule has 0 spiro atoms. The van der Waals surface area contributed by atoms with E-state index in [9.17, 15) is 31.9 Å². The summed E-state index contributed by atoms with van der Waals surface area (Å²) in [7, 11) is 0. The number of aliphatic hydroxyl groups is 1. The highest BCUT2D eigenvalue weighted by Gasteiger charge is 2.54. The van der Waals surface area contributed by atoms with Crippen molar-refractivity contribution in [1.82, 2.24) is 10.2 Å². The third-order valence-corrected chi connectivity index (χ3v) is 6.67. The summed E-state index contributed by atoms with van der Waals surface area (Å²) in [5.41, 5.74) is 0.237. The monoisotopic (exact) mass is 512 g/mol. The van der Waals surface area contributed by atoms with Crippen molar-refractivity contribution in [3.05, 3.63) is 59.9 Å². The first kappa shape index (κ1) is 26.5. The Labute approximate surface area is 206 Å². The van der Waals surface area contributed by atoms with Gasteiger partial charge in [0.1, 0.15) is 30.2 Å². The number of hydrogen-bond acceptors (Lipinski definition) is 4. The summed E-state index contributed by atoms with van der Waals surface area (Å²) in [6.07, 6.45) is -8.38. The van der Waals surface area contributed by atoms with E-state index in [0.29, 0.717) is 0 Å². The van der Waals surface area contributed by atoms with E-state index in [1.165, 1.54) is 42.5 Å². The molecule has 196 valence electrons. The number of ether oxygens (including phenoxy) is 1. The van der Waals surface area contributed by atoms with E-state index < -0.39 is 54.4 Å². The highest BCUT2D eigenvalue weighted by molar-refractivity contribution is 5.83. The van der Waals surface area contributed by atoms with Gasteiger partial charge in [-0.1, -0.05) is 50.2 Å². The maximum absolute atomic E-state index is 14.5. The van der Waals surface area contributed by atoms with Gasteiger partial charge in [0.15, 0.2) is 0 Å². The number of likely N-dealkylation sites (tertiary alicyclic amines) is 1. The van der Waals surface area contributed by atoms with Gasteiger partial charge in [0.05, 0.1) is 25.2 Å². The number of nitrogens with zero attached hydrogens (tertiary/aromatic N) is 1. The molecule has 2 heterocycles. The molecule has 0 saturated carbocycles.